The summed E-state index contributed by atoms with van der Waals surface area (Å²) in [6, 6.07) is -0.618. The molecule has 2 rings (SSSR count). The van der Waals surface area contributed by atoms with Crippen LogP contribution in [0.25, 0.3) is 0 Å². The number of urea groups is 1. The number of rotatable bonds is 1. The second kappa shape index (κ2) is 3.80. The molecule has 1 atom stereocenters. The monoisotopic (exact) mass is 252 g/mol. The van der Waals surface area contributed by atoms with E-state index in [2.05, 4.69) is 30.7 Å². The third-order valence-corrected chi connectivity index (χ3v) is 3.92. The summed E-state index contributed by atoms with van der Waals surface area (Å²) in [5, 5.41) is 2.98. The van der Waals surface area contributed by atoms with Crippen LogP contribution in [0, 0.1) is 0 Å². The van der Waals surface area contributed by atoms with E-state index in [1.54, 1.807) is 18.4 Å². The smallest absolute Gasteiger partial charge is 0.345 e. The molecule has 0 spiro atoms. The Bertz CT molecular complexity index is 486. The van der Waals surface area contributed by atoms with Gasteiger partial charge >= 0.3 is 6.03 Å². The van der Waals surface area contributed by atoms with Crippen molar-refractivity contribution in [2.24, 2.45) is 10.7 Å². The molecule has 6 heteroatoms. The van der Waals surface area contributed by atoms with Crippen molar-refractivity contribution < 1.29 is 4.79 Å². The number of thiazole rings is 1. The fourth-order valence-corrected chi connectivity index (χ4v) is 2.59. The molecular weight excluding hydrogens is 236 g/mol. The first-order valence-electron chi connectivity index (χ1n) is 5.37. The Labute approximate surface area is 104 Å². The Balaban J connectivity index is 2.33. The summed E-state index contributed by atoms with van der Waals surface area (Å²) in [5.41, 5.74) is 6.57. The maximum absolute atomic E-state index is 11.4. The van der Waals surface area contributed by atoms with E-state index < -0.39 is 0 Å². The van der Waals surface area contributed by atoms with Gasteiger partial charge in [0.1, 0.15) is 11.9 Å². The van der Waals surface area contributed by atoms with Gasteiger partial charge in [-0.3, -0.25) is 0 Å². The van der Waals surface area contributed by atoms with Gasteiger partial charge in [-0.25, -0.2) is 9.78 Å². The minimum atomic E-state index is -0.310. The van der Waals surface area contributed by atoms with Gasteiger partial charge in [0.15, 0.2) is 0 Å². The molecule has 0 aliphatic carbocycles. The zero-order valence-electron chi connectivity index (χ0n) is 10.4. The van der Waals surface area contributed by atoms with Gasteiger partial charge in [0.2, 0.25) is 0 Å². The van der Waals surface area contributed by atoms with Crippen LogP contribution < -0.4 is 5.73 Å². The molecule has 2 amide bonds. The lowest BCUT2D eigenvalue weighted by molar-refractivity contribution is 0.218. The van der Waals surface area contributed by atoms with E-state index in [1.165, 1.54) is 4.90 Å². The number of nitrogens with zero attached hydrogens (tertiary/aromatic N) is 3. The van der Waals surface area contributed by atoms with Gasteiger partial charge < -0.3 is 10.6 Å². The molecule has 92 valence electrons. The summed E-state index contributed by atoms with van der Waals surface area (Å²) >= 11 is 1.59. The molecule has 5 nitrogen and oxygen atoms in total. The molecule has 2 N–H and O–H groups in total. The summed E-state index contributed by atoms with van der Waals surface area (Å²) in [4.78, 5) is 21.2. The van der Waals surface area contributed by atoms with Crippen LogP contribution in [0.4, 0.5) is 4.79 Å². The first-order valence-corrected chi connectivity index (χ1v) is 6.25. The highest BCUT2D eigenvalue weighted by molar-refractivity contribution is 7.09. The lowest BCUT2D eigenvalue weighted by Gasteiger charge is -2.18. The molecule has 1 aliphatic rings. The highest BCUT2D eigenvalue weighted by Gasteiger charge is 2.34. The number of nitrogens with two attached hydrogens (primary N) is 1. The van der Waals surface area contributed by atoms with E-state index in [0.717, 1.165) is 10.7 Å². The molecule has 0 saturated heterocycles. The Hall–Kier alpha value is -1.43. The second-order valence-corrected chi connectivity index (χ2v) is 6.02. The topological polar surface area (TPSA) is 71.6 Å². The number of amides is 2. The van der Waals surface area contributed by atoms with Crippen LogP contribution in [-0.2, 0) is 5.41 Å². The Morgan fingerprint density at radius 3 is 2.53 bits per heavy atom. The number of hydrogen-bond donors (Lipinski definition) is 1. The quantitative estimate of drug-likeness (QED) is 0.829. The van der Waals surface area contributed by atoms with Crippen molar-refractivity contribution in [1.29, 1.82) is 0 Å². The largest absolute Gasteiger partial charge is 0.385 e. The summed E-state index contributed by atoms with van der Waals surface area (Å²) < 4.78 is 0. The zero-order valence-corrected chi connectivity index (χ0v) is 11.2. The van der Waals surface area contributed by atoms with Crippen molar-refractivity contribution in [2.75, 3.05) is 7.05 Å². The Morgan fingerprint density at radius 2 is 2.12 bits per heavy atom. The van der Waals surface area contributed by atoms with E-state index in [-0.39, 0.29) is 17.5 Å². The van der Waals surface area contributed by atoms with Gasteiger partial charge in [0.05, 0.1) is 10.7 Å². The van der Waals surface area contributed by atoms with Crippen molar-refractivity contribution in [2.45, 2.75) is 32.2 Å². The highest BCUT2D eigenvalue weighted by atomic mass is 32.1. The molecule has 17 heavy (non-hydrogen) atoms. The van der Waals surface area contributed by atoms with Crippen LogP contribution in [0.15, 0.2) is 10.4 Å². The number of hydrogen-bond acceptors (Lipinski definition) is 4. The number of aromatic nitrogens is 1. The molecule has 1 aromatic rings. The molecule has 0 radical (unpaired) electrons. The minimum Gasteiger partial charge on any atom is -0.385 e. The number of aliphatic imine (C=N–C) groups is 1. The van der Waals surface area contributed by atoms with E-state index in [1.807, 2.05) is 5.38 Å². The van der Waals surface area contributed by atoms with E-state index in [9.17, 15) is 4.79 Å². The number of carbonyl (C=O) groups is 1. The van der Waals surface area contributed by atoms with Crippen molar-refractivity contribution in [3.8, 4) is 0 Å². The maximum Gasteiger partial charge on any atom is 0.345 e. The summed E-state index contributed by atoms with van der Waals surface area (Å²) in [6.07, 6.45) is 0. The fraction of sp³-hybridized carbons (Fsp3) is 0.545. The van der Waals surface area contributed by atoms with Gasteiger partial charge in [-0.05, 0) is 0 Å². The summed E-state index contributed by atoms with van der Waals surface area (Å²) in [6.45, 7) is 6.32. The molecule has 1 unspecified atom stereocenters. The molecule has 0 aromatic carbocycles. The van der Waals surface area contributed by atoms with Crippen molar-refractivity contribution >= 4 is 23.2 Å². The van der Waals surface area contributed by atoms with Crippen LogP contribution >= 0.6 is 11.3 Å². The molecular formula is C11H16N4OS. The van der Waals surface area contributed by atoms with Crippen molar-refractivity contribution in [3.63, 3.8) is 0 Å². The van der Waals surface area contributed by atoms with Crippen molar-refractivity contribution in [3.05, 3.63) is 16.1 Å². The fourth-order valence-electron chi connectivity index (χ4n) is 1.67. The van der Waals surface area contributed by atoms with Crippen LogP contribution in [0.3, 0.4) is 0 Å². The minimum absolute atomic E-state index is 0.00993. The standard InChI is InChI=1S/C11H16N4OS/c1-11(2,3)9-13-6(5-17-9)7-8(12)14-10(16)15(7)4/h5,7H,1-4H3,(H2,12,14,16). The van der Waals surface area contributed by atoms with Gasteiger partial charge in [0.25, 0.3) is 0 Å². The van der Waals surface area contributed by atoms with Gasteiger partial charge in [-0.15, -0.1) is 11.3 Å². The SMILES string of the molecule is CN1C(=O)N=C(N)C1c1csc(C(C)(C)C)n1. The first-order chi connectivity index (χ1) is 7.80. The van der Waals surface area contributed by atoms with E-state index in [0.29, 0.717) is 5.84 Å². The molecule has 0 bridgehead atoms. The van der Waals surface area contributed by atoms with Crippen LogP contribution in [-0.4, -0.2) is 28.8 Å². The molecule has 0 fully saturated rings. The average Bonchev–Trinajstić information content (AvgIpc) is 2.73. The zero-order chi connectivity index (χ0) is 12.8. The molecule has 1 aliphatic heterocycles. The summed E-state index contributed by atoms with van der Waals surface area (Å²) in [7, 11) is 1.69. The molecule has 1 aromatic heterocycles. The third kappa shape index (κ3) is 2.04. The Kier molecular flexibility index (Phi) is 2.69. The van der Waals surface area contributed by atoms with E-state index in [4.69, 9.17) is 5.73 Å². The predicted molar refractivity (Wildman–Crippen MR) is 68.3 cm³/mol. The van der Waals surface area contributed by atoms with Crippen LogP contribution in [0.2, 0.25) is 0 Å². The second-order valence-electron chi connectivity index (χ2n) is 5.16. The lowest BCUT2D eigenvalue weighted by atomic mass is 9.98. The van der Waals surface area contributed by atoms with Gasteiger partial charge in [0, 0.05) is 17.8 Å². The first kappa shape index (κ1) is 12.0. The van der Waals surface area contributed by atoms with Crippen molar-refractivity contribution in [1.82, 2.24) is 9.88 Å². The molecule has 2 heterocycles. The van der Waals surface area contributed by atoms with E-state index >= 15 is 0 Å². The third-order valence-electron chi connectivity index (χ3n) is 2.64. The number of carbonyl (C=O) groups excluding carboxylic acids is 1. The average molecular weight is 252 g/mol. The maximum atomic E-state index is 11.4. The van der Waals surface area contributed by atoms with Gasteiger partial charge in [-0.2, -0.15) is 4.99 Å². The predicted octanol–water partition coefficient (Wildman–Crippen LogP) is 1.90. The lowest BCUT2D eigenvalue weighted by Crippen LogP contribution is -2.30. The van der Waals surface area contributed by atoms with Crippen LogP contribution in [0.5, 0.6) is 0 Å². The van der Waals surface area contributed by atoms with Crippen LogP contribution in [0.1, 0.15) is 37.5 Å². The number of amidine groups is 1. The number of likely N-dealkylation sites (N-methyl/N-ethyl adjacent to an activating group) is 1. The molecule has 0 saturated carbocycles. The normalized spacial score (nSPS) is 20.9. The van der Waals surface area contributed by atoms with Gasteiger partial charge in [-0.1, -0.05) is 20.8 Å². The highest BCUT2D eigenvalue weighted by Crippen LogP contribution is 2.31. The Morgan fingerprint density at radius 1 is 1.47 bits per heavy atom. The summed E-state index contributed by atoms with van der Waals surface area (Å²) in [5.74, 6) is 0.322.